The molecule has 2 aliphatic rings. The van der Waals surface area contributed by atoms with Crippen LogP contribution < -0.4 is 21.7 Å². The number of likely N-dealkylation sites (tertiary alicyclic amines) is 2. The number of amides is 5. The van der Waals surface area contributed by atoms with E-state index in [1.807, 2.05) is 0 Å². The average molecular weight is 1030 g/mol. The fourth-order valence-corrected chi connectivity index (χ4v) is 8.68. The van der Waals surface area contributed by atoms with Crippen LogP contribution in [0, 0.1) is 23.7 Å². The third kappa shape index (κ3) is 16.7. The van der Waals surface area contributed by atoms with Gasteiger partial charge in [0.2, 0.25) is 41.0 Å². The smallest absolute Gasteiger partial charge is 0.332 e. The third-order valence-corrected chi connectivity index (χ3v) is 13.4. The van der Waals surface area contributed by atoms with E-state index in [1.165, 1.54) is 23.6 Å². The molecule has 2 aromatic rings. The zero-order chi connectivity index (χ0) is 55.1. The van der Waals surface area contributed by atoms with Gasteiger partial charge in [-0.2, -0.15) is 17.6 Å². The van der Waals surface area contributed by atoms with E-state index in [9.17, 15) is 57.4 Å². The molecule has 0 bridgehead atoms. The number of aliphatic hydroxyl groups is 2. The van der Waals surface area contributed by atoms with Crippen LogP contribution in [0.2, 0.25) is 0 Å². The van der Waals surface area contributed by atoms with Gasteiger partial charge in [0.05, 0.1) is 18.1 Å². The van der Waals surface area contributed by atoms with Gasteiger partial charge in [-0.3, -0.25) is 38.4 Å². The summed E-state index contributed by atoms with van der Waals surface area (Å²) in [7, 11) is 0. The molecule has 73 heavy (non-hydrogen) atoms. The van der Waals surface area contributed by atoms with Crippen LogP contribution in [0.4, 0.5) is 17.6 Å². The van der Waals surface area contributed by atoms with Gasteiger partial charge in [-0.15, -0.1) is 0 Å². The van der Waals surface area contributed by atoms with Crippen molar-refractivity contribution in [2.45, 2.75) is 174 Å². The first-order valence-electron chi connectivity index (χ1n) is 25.1. The fourth-order valence-electron chi connectivity index (χ4n) is 8.68. The van der Waals surface area contributed by atoms with Crippen LogP contribution >= 0.6 is 0 Å². The molecule has 2 heterocycles. The molecule has 16 nitrogen and oxygen atoms in total. The highest BCUT2D eigenvalue weighted by Gasteiger charge is 2.52. The van der Waals surface area contributed by atoms with Gasteiger partial charge in [0.1, 0.15) is 30.3 Å². The Labute approximate surface area is 425 Å². The van der Waals surface area contributed by atoms with E-state index in [0.717, 1.165) is 12.5 Å². The highest BCUT2D eigenvalue weighted by Crippen LogP contribution is 2.30. The van der Waals surface area contributed by atoms with Gasteiger partial charge in [0.15, 0.2) is 0 Å². The summed E-state index contributed by atoms with van der Waals surface area (Å²) in [6.07, 6.45) is -3.95. The van der Waals surface area contributed by atoms with Crippen LogP contribution in [-0.2, 0) is 51.2 Å². The van der Waals surface area contributed by atoms with Crippen molar-refractivity contribution >= 4 is 46.9 Å². The predicted molar refractivity (Wildman–Crippen MR) is 265 cm³/mol. The summed E-state index contributed by atoms with van der Waals surface area (Å²) >= 11 is 0. The molecule has 0 aliphatic carbocycles. The Bertz CT molecular complexity index is 2200. The molecule has 2 fully saturated rings. The number of benzene rings is 2. The number of aryl methyl sites for hydroxylation is 2. The minimum atomic E-state index is -4.11. The monoisotopic (exact) mass is 1030 g/mol. The topological polar surface area (TPSA) is 246 Å². The molecule has 4 rings (SSSR count). The van der Waals surface area contributed by atoms with E-state index < -0.39 is 132 Å². The molecular weight excluding hydrogens is 957 g/mol. The second-order valence-corrected chi connectivity index (χ2v) is 20.4. The molecule has 406 valence electrons. The van der Waals surface area contributed by atoms with Crippen molar-refractivity contribution in [1.82, 2.24) is 25.8 Å². The first-order valence-corrected chi connectivity index (χ1v) is 25.1. The number of nitrogens with one attached hydrogen (secondary N) is 3. The van der Waals surface area contributed by atoms with Crippen LogP contribution in [0.3, 0.4) is 0 Å². The highest BCUT2D eigenvalue weighted by molar-refractivity contribution is 6.35. The summed E-state index contributed by atoms with van der Waals surface area (Å²) in [4.78, 5) is 103. The number of rotatable bonds is 24. The standard InChI is InChI=1S/C28H39F2N3O6.C25H37F2N3O4/c1-16(2)22(24(36)28(29,30)21(35)14-13-19-10-7-6-8-11-19)31-26(38)20-12-9-15-33(20)27(39)23(17(3)4)32-25(37)18(5)34;1-15(2)20(28)24(34)30-14-8-11-18(30)23(33)29-21(16(3)4)22(32)25(26,27)19(31)13-12-17-9-6-5-7-10-17/h6-8,10-11,16-17,20,22-24,36H,9,12-15H2,1-5H3,(H,31,38)(H,32,37);5-7,9-10,15-16,18,20-22,32H,8,11-14,28H2,1-4H3,(H,29,33)/t20?,22-,23-,24?;18?,20-,21-,22?/m00/s1. The average Bonchev–Trinajstić information content (AvgIpc) is 4.06. The van der Waals surface area contributed by atoms with Crippen molar-refractivity contribution in [3.05, 3.63) is 71.8 Å². The third-order valence-electron chi connectivity index (χ3n) is 13.4. The normalized spacial score (nSPS) is 18.6. The number of Topliss-reactive ketones (excluding diaryl/α,β-unsaturated/α-hetero) is 3. The van der Waals surface area contributed by atoms with Gasteiger partial charge in [0.25, 0.3) is 5.91 Å². The molecule has 0 aromatic heterocycles. The Balaban J connectivity index is 0.000000389. The number of nitrogens with zero attached hydrogens (tertiary/aromatic N) is 2. The van der Waals surface area contributed by atoms with Crippen LogP contribution in [0.15, 0.2) is 60.7 Å². The van der Waals surface area contributed by atoms with E-state index in [2.05, 4.69) is 16.0 Å². The minimum Gasteiger partial charge on any atom is -0.384 e. The van der Waals surface area contributed by atoms with Gasteiger partial charge < -0.3 is 41.7 Å². The lowest BCUT2D eigenvalue weighted by atomic mass is 9.90. The van der Waals surface area contributed by atoms with Crippen LogP contribution in [0.1, 0.15) is 112 Å². The van der Waals surface area contributed by atoms with E-state index in [-0.39, 0.29) is 37.6 Å². The molecule has 2 aromatic carbocycles. The van der Waals surface area contributed by atoms with Crippen molar-refractivity contribution in [2.24, 2.45) is 29.4 Å². The Hall–Kier alpha value is -5.60. The Morgan fingerprint density at radius 3 is 1.29 bits per heavy atom. The largest absolute Gasteiger partial charge is 0.384 e. The van der Waals surface area contributed by atoms with Crippen molar-refractivity contribution in [2.75, 3.05) is 13.1 Å². The maximum Gasteiger partial charge on any atom is 0.332 e. The van der Waals surface area contributed by atoms with E-state index >= 15 is 8.78 Å². The minimum absolute atomic E-state index is 0.0804. The maximum absolute atomic E-state index is 15.1. The Morgan fingerprint density at radius 2 is 0.959 bits per heavy atom. The number of carbonyl (C=O) groups excluding carboxylic acids is 8. The summed E-state index contributed by atoms with van der Waals surface area (Å²) in [5.41, 5.74) is 7.40. The lowest BCUT2D eigenvalue weighted by molar-refractivity contribution is -0.167. The molecule has 2 aliphatic heterocycles. The molecule has 0 saturated carbocycles. The van der Waals surface area contributed by atoms with Gasteiger partial charge in [-0.1, -0.05) is 116 Å². The molecule has 0 radical (unpaired) electrons. The molecular formula is C53H76F4N6O10. The summed E-state index contributed by atoms with van der Waals surface area (Å²) in [5, 5.41) is 28.5. The predicted octanol–water partition coefficient (Wildman–Crippen LogP) is 4.35. The Kier molecular flexibility index (Phi) is 23.3. The zero-order valence-electron chi connectivity index (χ0n) is 43.4. The first kappa shape index (κ1) is 61.7. The number of nitrogens with two attached hydrogens (primary N) is 1. The number of alkyl halides is 4. The van der Waals surface area contributed by atoms with Gasteiger partial charge in [-0.25, -0.2) is 0 Å². The quantitative estimate of drug-likeness (QED) is 0.0638. The lowest BCUT2D eigenvalue weighted by Gasteiger charge is -2.34. The SMILES string of the molecule is CC(=O)C(=O)N[C@H](C(=O)N1CCCC1C(=O)N[C@@H](C(C)C)C(O)C(F)(F)C(=O)CCc1ccccc1)C(C)C.CC(C)[C@H](NC(=O)C1CCCN1C(=O)[C@@H](N)C(C)C)C(O)C(F)(F)C(=O)CCc1ccccc1. The fraction of sp³-hybridized carbons (Fsp3) is 0.623. The number of hydrogen-bond donors (Lipinski definition) is 6. The second kappa shape index (κ2) is 27.6. The molecule has 5 amide bonds. The van der Waals surface area contributed by atoms with E-state index in [4.69, 9.17) is 5.73 Å². The zero-order valence-corrected chi connectivity index (χ0v) is 43.4. The first-order chi connectivity index (χ1) is 34.1. The Morgan fingerprint density at radius 1 is 0.589 bits per heavy atom. The van der Waals surface area contributed by atoms with Crippen LogP contribution in [0.5, 0.6) is 0 Å². The van der Waals surface area contributed by atoms with E-state index in [0.29, 0.717) is 31.4 Å². The van der Waals surface area contributed by atoms with Gasteiger partial charge in [0, 0.05) is 32.9 Å². The number of carbonyl (C=O) groups is 8. The van der Waals surface area contributed by atoms with Gasteiger partial charge >= 0.3 is 11.8 Å². The molecule has 0 spiro atoms. The highest BCUT2D eigenvalue weighted by atomic mass is 19.3. The van der Waals surface area contributed by atoms with Crippen molar-refractivity contribution in [3.8, 4) is 0 Å². The van der Waals surface area contributed by atoms with Crippen LogP contribution in [-0.4, -0.2) is 140 Å². The second-order valence-electron chi connectivity index (χ2n) is 20.4. The summed E-state index contributed by atoms with van der Waals surface area (Å²) in [6, 6.07) is 10.9. The van der Waals surface area contributed by atoms with Crippen molar-refractivity contribution in [1.29, 1.82) is 0 Å². The van der Waals surface area contributed by atoms with Crippen molar-refractivity contribution in [3.63, 3.8) is 0 Å². The molecule has 4 unspecified atom stereocenters. The maximum atomic E-state index is 15.1. The van der Waals surface area contributed by atoms with Crippen LogP contribution in [0.25, 0.3) is 0 Å². The molecule has 8 atom stereocenters. The summed E-state index contributed by atoms with van der Waals surface area (Å²) in [5.74, 6) is -16.7. The van der Waals surface area contributed by atoms with Crippen molar-refractivity contribution < 1.29 is 66.1 Å². The number of aliphatic hydroxyl groups excluding tert-OH is 2. The molecule has 7 N–H and O–H groups in total. The number of halogens is 4. The summed E-state index contributed by atoms with van der Waals surface area (Å²) < 4.78 is 59.9. The van der Waals surface area contributed by atoms with Gasteiger partial charge in [-0.05, 0) is 73.3 Å². The summed E-state index contributed by atoms with van der Waals surface area (Å²) in [6.45, 7) is 14.8. The molecule has 2 saturated heterocycles. The molecule has 20 heteroatoms. The number of ketones is 3. The lowest BCUT2D eigenvalue weighted by Crippen LogP contribution is -2.60. The van der Waals surface area contributed by atoms with E-state index in [1.54, 1.807) is 102 Å². The number of hydrogen-bond acceptors (Lipinski definition) is 11.